The summed E-state index contributed by atoms with van der Waals surface area (Å²) in [7, 11) is 0. The molecule has 1 aromatic carbocycles. The van der Waals surface area contributed by atoms with Crippen LogP contribution in [0.5, 0.6) is 5.88 Å². The second-order valence-electron chi connectivity index (χ2n) is 7.73. The van der Waals surface area contributed by atoms with Crippen LogP contribution < -0.4 is 15.6 Å². The molecular weight excluding hydrogens is 399 g/mol. The molecular formula is C23H21FN4O3. The Morgan fingerprint density at radius 2 is 2.19 bits per heavy atom. The summed E-state index contributed by atoms with van der Waals surface area (Å²) < 4.78 is 20.1. The van der Waals surface area contributed by atoms with Gasteiger partial charge in [-0.2, -0.15) is 5.26 Å². The molecule has 1 fully saturated rings. The summed E-state index contributed by atoms with van der Waals surface area (Å²) in [5, 5.41) is 12.3. The van der Waals surface area contributed by atoms with E-state index in [1.54, 1.807) is 26.1 Å². The molecule has 2 N–H and O–H groups in total. The van der Waals surface area contributed by atoms with Gasteiger partial charge in [0.2, 0.25) is 11.8 Å². The minimum atomic E-state index is -0.629. The van der Waals surface area contributed by atoms with Crippen molar-refractivity contribution >= 4 is 16.8 Å². The molecule has 0 radical (unpaired) electrons. The van der Waals surface area contributed by atoms with Gasteiger partial charge in [0.05, 0.1) is 35.0 Å². The van der Waals surface area contributed by atoms with Crippen molar-refractivity contribution in [3.63, 3.8) is 0 Å². The number of H-pyrrole nitrogens is 1. The van der Waals surface area contributed by atoms with Gasteiger partial charge in [-0.05, 0) is 50.5 Å². The third kappa shape index (κ3) is 4.26. The number of halogens is 1. The number of aromatic nitrogens is 2. The topological polar surface area (TPSA) is 108 Å². The highest BCUT2D eigenvalue weighted by molar-refractivity contribution is 5.89. The Balaban J connectivity index is 1.58. The number of pyridine rings is 2. The molecule has 1 atom stereocenters. The Morgan fingerprint density at radius 3 is 2.87 bits per heavy atom. The second-order valence-corrected chi connectivity index (χ2v) is 7.73. The molecule has 0 aliphatic heterocycles. The minimum absolute atomic E-state index is 0.138. The maximum atomic E-state index is 14.2. The number of nitriles is 1. The third-order valence-electron chi connectivity index (χ3n) is 5.38. The van der Waals surface area contributed by atoms with E-state index < -0.39 is 17.8 Å². The monoisotopic (exact) mass is 420 g/mol. The number of ether oxygens (including phenoxy) is 1. The summed E-state index contributed by atoms with van der Waals surface area (Å²) in [5.41, 5.74) is 1.66. The number of hydrogen-bond acceptors (Lipinski definition) is 5. The summed E-state index contributed by atoms with van der Waals surface area (Å²) in [6, 6.07) is 7.04. The molecule has 3 aromatic rings. The van der Waals surface area contributed by atoms with Crippen molar-refractivity contribution in [3.05, 3.63) is 68.9 Å². The number of fused-ring (bicyclic) bond motifs is 1. The molecule has 1 saturated carbocycles. The summed E-state index contributed by atoms with van der Waals surface area (Å²) in [6.45, 7) is 3.41. The lowest BCUT2D eigenvalue weighted by molar-refractivity contribution is -0.121. The Morgan fingerprint density at radius 1 is 1.42 bits per heavy atom. The molecule has 4 rings (SSSR count). The van der Waals surface area contributed by atoms with Crippen molar-refractivity contribution < 1.29 is 13.9 Å². The molecule has 0 saturated heterocycles. The van der Waals surface area contributed by atoms with Crippen LogP contribution in [0.3, 0.4) is 0 Å². The highest BCUT2D eigenvalue weighted by Crippen LogP contribution is 2.32. The van der Waals surface area contributed by atoms with Gasteiger partial charge < -0.3 is 15.0 Å². The Hall–Kier alpha value is -3.73. The first kappa shape index (κ1) is 20.5. The highest BCUT2D eigenvalue weighted by atomic mass is 19.1. The molecule has 2 heterocycles. The third-order valence-corrected chi connectivity index (χ3v) is 5.38. The average Bonchev–Trinajstić information content (AvgIpc) is 3.54. The molecule has 0 unspecified atom stereocenters. The Kier molecular flexibility index (Phi) is 5.42. The van der Waals surface area contributed by atoms with E-state index in [9.17, 15) is 14.0 Å². The van der Waals surface area contributed by atoms with Crippen LogP contribution in [0.2, 0.25) is 0 Å². The maximum Gasteiger partial charge on any atom is 0.252 e. The molecule has 2 aromatic heterocycles. The first-order chi connectivity index (χ1) is 14.9. The van der Waals surface area contributed by atoms with Gasteiger partial charge in [-0.25, -0.2) is 9.37 Å². The number of amides is 1. The van der Waals surface area contributed by atoms with Crippen molar-refractivity contribution in [2.75, 3.05) is 0 Å². The SMILES string of the molecule is Cc1c(CC(=O)N[C@@H](C)c2ccc(C#N)cc2F)c(=O)[nH]c2ccnc(OC3CC3)c12. The number of aromatic amines is 1. The van der Waals surface area contributed by atoms with Gasteiger partial charge in [-0.3, -0.25) is 9.59 Å². The van der Waals surface area contributed by atoms with E-state index in [-0.39, 0.29) is 29.2 Å². The van der Waals surface area contributed by atoms with Crippen molar-refractivity contribution in [1.82, 2.24) is 15.3 Å². The van der Waals surface area contributed by atoms with E-state index >= 15 is 0 Å². The molecule has 1 aliphatic carbocycles. The molecule has 1 aliphatic rings. The Bertz CT molecular complexity index is 1270. The van der Waals surface area contributed by atoms with Crippen LogP contribution in [0.25, 0.3) is 10.9 Å². The fourth-order valence-corrected chi connectivity index (χ4v) is 3.55. The average molecular weight is 420 g/mol. The number of hydrogen-bond donors (Lipinski definition) is 2. The number of carbonyl (C=O) groups excluding carboxylic acids is 1. The van der Waals surface area contributed by atoms with E-state index in [1.807, 2.05) is 6.07 Å². The van der Waals surface area contributed by atoms with Crippen LogP contribution in [-0.2, 0) is 11.2 Å². The van der Waals surface area contributed by atoms with Crippen LogP contribution in [0.15, 0.2) is 35.3 Å². The Labute approximate surface area is 177 Å². The quantitative estimate of drug-likeness (QED) is 0.637. The van der Waals surface area contributed by atoms with Crippen molar-refractivity contribution in [2.24, 2.45) is 0 Å². The summed E-state index contributed by atoms with van der Waals surface area (Å²) >= 11 is 0. The number of benzene rings is 1. The van der Waals surface area contributed by atoms with Gasteiger partial charge in [0, 0.05) is 17.3 Å². The van der Waals surface area contributed by atoms with E-state index in [1.165, 1.54) is 12.1 Å². The largest absolute Gasteiger partial charge is 0.474 e. The molecule has 8 heteroatoms. The van der Waals surface area contributed by atoms with Crippen LogP contribution in [0.4, 0.5) is 4.39 Å². The zero-order valence-corrected chi connectivity index (χ0v) is 17.2. The standard InChI is InChI=1S/C23H21FN4O3/c1-12-17(10-20(29)27-13(2)16-6-3-14(11-25)9-18(16)24)22(30)28-19-7-8-26-23(21(12)19)31-15-4-5-15/h3,6-9,13,15H,4-5,10H2,1-2H3,(H,27,29)(H,28,30)/t13-/m0/s1. The summed E-state index contributed by atoms with van der Waals surface area (Å²) in [6.07, 6.45) is 3.49. The van der Waals surface area contributed by atoms with Gasteiger partial charge in [0.15, 0.2) is 0 Å². The van der Waals surface area contributed by atoms with Gasteiger partial charge in [0.1, 0.15) is 11.9 Å². The van der Waals surface area contributed by atoms with E-state index in [0.717, 1.165) is 18.9 Å². The molecule has 0 spiro atoms. The molecule has 7 nitrogen and oxygen atoms in total. The lowest BCUT2D eigenvalue weighted by Gasteiger charge is -2.16. The van der Waals surface area contributed by atoms with Gasteiger partial charge in [-0.1, -0.05) is 6.07 Å². The van der Waals surface area contributed by atoms with Crippen LogP contribution in [0.1, 0.15) is 48.1 Å². The van der Waals surface area contributed by atoms with Crippen molar-refractivity contribution in [3.8, 4) is 11.9 Å². The number of aryl methyl sites for hydroxylation is 1. The number of nitrogens with one attached hydrogen (secondary N) is 2. The second kappa shape index (κ2) is 8.19. The van der Waals surface area contributed by atoms with Gasteiger partial charge in [0.25, 0.3) is 5.56 Å². The predicted molar refractivity (Wildman–Crippen MR) is 112 cm³/mol. The number of nitrogens with zero attached hydrogens (tertiary/aromatic N) is 2. The van der Waals surface area contributed by atoms with E-state index in [4.69, 9.17) is 10.00 Å². The number of rotatable bonds is 6. The molecule has 31 heavy (non-hydrogen) atoms. The smallest absolute Gasteiger partial charge is 0.252 e. The first-order valence-corrected chi connectivity index (χ1v) is 10.0. The summed E-state index contributed by atoms with van der Waals surface area (Å²) in [4.78, 5) is 32.4. The lowest BCUT2D eigenvalue weighted by atomic mass is 10.0. The summed E-state index contributed by atoms with van der Waals surface area (Å²) in [5.74, 6) is -0.541. The zero-order chi connectivity index (χ0) is 22.1. The molecule has 1 amide bonds. The van der Waals surface area contributed by atoms with Gasteiger partial charge >= 0.3 is 0 Å². The fraction of sp³-hybridized carbons (Fsp3) is 0.304. The van der Waals surface area contributed by atoms with Crippen LogP contribution in [0, 0.1) is 24.1 Å². The fourth-order valence-electron chi connectivity index (χ4n) is 3.55. The highest BCUT2D eigenvalue weighted by Gasteiger charge is 2.26. The predicted octanol–water partition coefficient (Wildman–Crippen LogP) is 3.20. The molecule has 0 bridgehead atoms. The number of carbonyl (C=O) groups is 1. The first-order valence-electron chi connectivity index (χ1n) is 10.0. The molecule has 158 valence electrons. The van der Waals surface area contributed by atoms with Crippen LogP contribution >= 0.6 is 0 Å². The normalized spacial score (nSPS) is 14.1. The van der Waals surface area contributed by atoms with E-state index in [0.29, 0.717) is 27.9 Å². The maximum absolute atomic E-state index is 14.2. The van der Waals surface area contributed by atoms with Crippen molar-refractivity contribution in [2.45, 2.75) is 45.3 Å². The lowest BCUT2D eigenvalue weighted by Crippen LogP contribution is -2.31. The van der Waals surface area contributed by atoms with Crippen LogP contribution in [-0.4, -0.2) is 22.0 Å². The zero-order valence-electron chi connectivity index (χ0n) is 17.2. The minimum Gasteiger partial charge on any atom is -0.474 e. The van der Waals surface area contributed by atoms with Crippen molar-refractivity contribution in [1.29, 1.82) is 5.26 Å². The van der Waals surface area contributed by atoms with Gasteiger partial charge in [-0.15, -0.1) is 0 Å². The van der Waals surface area contributed by atoms with E-state index in [2.05, 4.69) is 15.3 Å².